The molecule has 0 spiro atoms. The summed E-state index contributed by atoms with van der Waals surface area (Å²) in [6.07, 6.45) is -0.722. The summed E-state index contributed by atoms with van der Waals surface area (Å²) in [5.74, 6) is -0.619. The van der Waals surface area contributed by atoms with Gasteiger partial charge >= 0.3 is 0 Å². The SMILES string of the molecule is Cc1cc(C)n(C(C)C(=O)N2CCOC(C(N)=O)C2)n1. The van der Waals surface area contributed by atoms with Gasteiger partial charge in [-0.1, -0.05) is 0 Å². The number of hydrogen-bond donors (Lipinski definition) is 1. The van der Waals surface area contributed by atoms with E-state index in [1.54, 1.807) is 16.5 Å². The molecule has 20 heavy (non-hydrogen) atoms. The number of amides is 2. The standard InChI is InChI=1S/C13H20N4O3/c1-8-6-9(2)17(15-8)10(3)13(19)16-4-5-20-11(7-16)12(14)18/h6,10-11H,4-5,7H2,1-3H3,(H2,14,18). The zero-order valence-electron chi connectivity index (χ0n) is 12.0. The number of carbonyl (C=O) groups is 2. The number of aryl methyl sites for hydroxylation is 2. The van der Waals surface area contributed by atoms with Crippen molar-refractivity contribution in [1.82, 2.24) is 14.7 Å². The number of morpholine rings is 1. The van der Waals surface area contributed by atoms with Crippen LogP contribution in [-0.4, -0.2) is 52.3 Å². The molecule has 0 saturated carbocycles. The number of carbonyl (C=O) groups excluding carboxylic acids is 2. The van der Waals surface area contributed by atoms with Gasteiger partial charge in [0.15, 0.2) is 6.10 Å². The van der Waals surface area contributed by atoms with Crippen LogP contribution in [0.4, 0.5) is 0 Å². The van der Waals surface area contributed by atoms with Crippen LogP contribution in [0.5, 0.6) is 0 Å². The molecule has 2 unspecified atom stereocenters. The summed E-state index contributed by atoms with van der Waals surface area (Å²) in [6.45, 7) is 6.59. The maximum Gasteiger partial charge on any atom is 0.248 e. The minimum Gasteiger partial charge on any atom is -0.367 e. The smallest absolute Gasteiger partial charge is 0.248 e. The molecule has 2 heterocycles. The molecule has 1 saturated heterocycles. The monoisotopic (exact) mass is 280 g/mol. The molecular formula is C13H20N4O3. The second-order valence-corrected chi connectivity index (χ2v) is 5.09. The van der Waals surface area contributed by atoms with Crippen LogP contribution in [0.1, 0.15) is 24.4 Å². The van der Waals surface area contributed by atoms with E-state index in [1.165, 1.54) is 0 Å². The predicted octanol–water partition coefficient (Wildman–Crippen LogP) is -0.226. The second-order valence-electron chi connectivity index (χ2n) is 5.09. The van der Waals surface area contributed by atoms with E-state index in [-0.39, 0.29) is 12.5 Å². The van der Waals surface area contributed by atoms with Crippen LogP contribution in [0.3, 0.4) is 0 Å². The number of primary amides is 1. The first-order valence-corrected chi connectivity index (χ1v) is 6.62. The molecule has 1 aliphatic heterocycles. The summed E-state index contributed by atoms with van der Waals surface area (Å²) in [5, 5.41) is 4.33. The van der Waals surface area contributed by atoms with Crippen LogP contribution in [0.15, 0.2) is 6.07 Å². The predicted molar refractivity (Wildman–Crippen MR) is 71.9 cm³/mol. The Morgan fingerprint density at radius 3 is 2.75 bits per heavy atom. The van der Waals surface area contributed by atoms with Gasteiger partial charge in [0.05, 0.1) is 18.8 Å². The molecule has 0 radical (unpaired) electrons. The lowest BCUT2D eigenvalue weighted by Gasteiger charge is -2.33. The van der Waals surface area contributed by atoms with Gasteiger partial charge in [-0.05, 0) is 26.8 Å². The van der Waals surface area contributed by atoms with E-state index in [9.17, 15) is 9.59 Å². The van der Waals surface area contributed by atoms with Crippen molar-refractivity contribution < 1.29 is 14.3 Å². The summed E-state index contributed by atoms with van der Waals surface area (Å²) in [5.41, 5.74) is 7.03. The van der Waals surface area contributed by atoms with E-state index in [0.29, 0.717) is 13.2 Å². The van der Waals surface area contributed by atoms with Gasteiger partial charge in [0.1, 0.15) is 6.04 Å². The average Bonchev–Trinajstić information content (AvgIpc) is 2.76. The van der Waals surface area contributed by atoms with E-state index >= 15 is 0 Å². The molecule has 2 rings (SSSR count). The first-order chi connectivity index (χ1) is 9.40. The maximum atomic E-state index is 12.5. The zero-order chi connectivity index (χ0) is 14.9. The van der Waals surface area contributed by atoms with E-state index in [1.807, 2.05) is 19.9 Å². The third-order valence-corrected chi connectivity index (χ3v) is 3.46. The minimum absolute atomic E-state index is 0.0780. The topological polar surface area (TPSA) is 90.5 Å². The Bertz CT molecular complexity index is 526. The average molecular weight is 280 g/mol. The Morgan fingerprint density at radius 2 is 2.20 bits per heavy atom. The molecule has 1 aromatic rings. The fourth-order valence-electron chi connectivity index (χ4n) is 2.43. The van der Waals surface area contributed by atoms with Crippen molar-refractivity contribution in [3.05, 3.63) is 17.5 Å². The van der Waals surface area contributed by atoms with Crippen molar-refractivity contribution in [2.75, 3.05) is 19.7 Å². The van der Waals surface area contributed by atoms with Crippen molar-refractivity contribution >= 4 is 11.8 Å². The van der Waals surface area contributed by atoms with Crippen molar-refractivity contribution in [2.24, 2.45) is 5.73 Å². The highest BCUT2D eigenvalue weighted by atomic mass is 16.5. The molecule has 1 aliphatic rings. The van der Waals surface area contributed by atoms with E-state index in [2.05, 4.69) is 5.10 Å². The molecule has 2 amide bonds. The van der Waals surface area contributed by atoms with Gasteiger partial charge in [0.25, 0.3) is 0 Å². The summed E-state index contributed by atoms with van der Waals surface area (Å²) in [4.78, 5) is 25.3. The normalized spacial score (nSPS) is 20.8. The molecule has 1 fully saturated rings. The van der Waals surface area contributed by atoms with Gasteiger partial charge in [-0.3, -0.25) is 14.3 Å². The van der Waals surface area contributed by atoms with Gasteiger partial charge in [-0.15, -0.1) is 0 Å². The first kappa shape index (κ1) is 14.5. The summed E-state index contributed by atoms with van der Waals surface area (Å²) >= 11 is 0. The lowest BCUT2D eigenvalue weighted by atomic mass is 10.2. The van der Waals surface area contributed by atoms with E-state index in [4.69, 9.17) is 10.5 Å². The molecular weight excluding hydrogens is 260 g/mol. The quantitative estimate of drug-likeness (QED) is 0.828. The Kier molecular flexibility index (Phi) is 4.08. The number of aromatic nitrogens is 2. The highest BCUT2D eigenvalue weighted by Crippen LogP contribution is 2.16. The number of hydrogen-bond acceptors (Lipinski definition) is 4. The number of ether oxygens (including phenoxy) is 1. The van der Waals surface area contributed by atoms with E-state index < -0.39 is 18.1 Å². The zero-order valence-corrected chi connectivity index (χ0v) is 12.0. The number of rotatable bonds is 3. The van der Waals surface area contributed by atoms with Crippen LogP contribution in [0, 0.1) is 13.8 Å². The molecule has 0 aliphatic carbocycles. The highest BCUT2D eigenvalue weighted by Gasteiger charge is 2.31. The van der Waals surface area contributed by atoms with Crippen molar-refractivity contribution in [3.8, 4) is 0 Å². The van der Waals surface area contributed by atoms with Crippen LogP contribution in [-0.2, 0) is 14.3 Å². The number of nitrogens with zero attached hydrogens (tertiary/aromatic N) is 3. The Labute approximate surface area is 117 Å². The lowest BCUT2D eigenvalue weighted by Crippen LogP contribution is -2.51. The van der Waals surface area contributed by atoms with Gasteiger partial charge in [-0.25, -0.2) is 0 Å². The molecule has 7 nitrogen and oxygen atoms in total. The molecule has 1 aromatic heterocycles. The molecule has 0 aromatic carbocycles. The Balaban J connectivity index is 2.10. The van der Waals surface area contributed by atoms with Gasteiger partial charge in [0.2, 0.25) is 11.8 Å². The summed E-state index contributed by atoms with van der Waals surface area (Å²) < 4.78 is 6.94. The molecule has 110 valence electrons. The van der Waals surface area contributed by atoms with Crippen LogP contribution >= 0.6 is 0 Å². The molecule has 0 bridgehead atoms. The van der Waals surface area contributed by atoms with E-state index in [0.717, 1.165) is 11.4 Å². The maximum absolute atomic E-state index is 12.5. The van der Waals surface area contributed by atoms with Crippen molar-refractivity contribution in [2.45, 2.75) is 32.9 Å². The summed E-state index contributed by atoms with van der Waals surface area (Å²) in [6, 6.07) is 1.52. The van der Waals surface area contributed by atoms with Crippen molar-refractivity contribution in [3.63, 3.8) is 0 Å². The Morgan fingerprint density at radius 1 is 1.50 bits per heavy atom. The minimum atomic E-state index is -0.722. The van der Waals surface area contributed by atoms with Gasteiger partial charge in [-0.2, -0.15) is 5.10 Å². The van der Waals surface area contributed by atoms with Crippen molar-refractivity contribution in [1.29, 1.82) is 0 Å². The van der Waals surface area contributed by atoms with Gasteiger partial charge < -0.3 is 15.4 Å². The first-order valence-electron chi connectivity index (χ1n) is 6.62. The third kappa shape index (κ3) is 2.82. The second kappa shape index (κ2) is 5.62. The van der Waals surface area contributed by atoms with Crippen LogP contribution < -0.4 is 5.73 Å². The lowest BCUT2D eigenvalue weighted by molar-refractivity contribution is -0.147. The summed E-state index contributed by atoms with van der Waals surface area (Å²) in [7, 11) is 0. The fraction of sp³-hybridized carbons (Fsp3) is 0.615. The van der Waals surface area contributed by atoms with Crippen LogP contribution in [0.2, 0.25) is 0 Å². The molecule has 2 N–H and O–H groups in total. The third-order valence-electron chi connectivity index (χ3n) is 3.46. The highest BCUT2D eigenvalue weighted by molar-refractivity contribution is 5.83. The molecule has 2 atom stereocenters. The Hall–Kier alpha value is -1.89. The van der Waals surface area contributed by atoms with Crippen LogP contribution in [0.25, 0.3) is 0 Å². The molecule has 7 heteroatoms. The fourth-order valence-corrected chi connectivity index (χ4v) is 2.43. The largest absolute Gasteiger partial charge is 0.367 e. The van der Waals surface area contributed by atoms with Gasteiger partial charge in [0, 0.05) is 12.2 Å². The number of nitrogens with two attached hydrogens (primary N) is 1.